The molecule has 2 rings (SSSR count). The Kier molecular flexibility index (Phi) is 4.51. The smallest absolute Gasteiger partial charge is 0.105 e. The van der Waals surface area contributed by atoms with Crippen LogP contribution in [0.25, 0.3) is 0 Å². The van der Waals surface area contributed by atoms with Crippen molar-refractivity contribution in [2.45, 2.75) is 17.4 Å². The quantitative estimate of drug-likeness (QED) is 0.802. The topological polar surface area (TPSA) is 33.1 Å². The summed E-state index contributed by atoms with van der Waals surface area (Å²) < 4.78 is 0. The summed E-state index contributed by atoms with van der Waals surface area (Å²) >= 11 is 15.6. The van der Waals surface area contributed by atoms with Gasteiger partial charge in [0.15, 0.2) is 0 Å². The summed E-state index contributed by atoms with van der Waals surface area (Å²) in [5.74, 6) is 0. The lowest BCUT2D eigenvalue weighted by molar-refractivity contribution is 0.0559. The summed E-state index contributed by atoms with van der Waals surface area (Å²) in [6, 6.07) is 8.81. The molecule has 2 unspecified atom stereocenters. The summed E-state index contributed by atoms with van der Waals surface area (Å²) in [6.07, 6.45) is 3.30. The molecule has 19 heavy (non-hydrogen) atoms. The molecule has 2 atom stereocenters. The van der Waals surface area contributed by atoms with E-state index in [9.17, 15) is 5.11 Å². The minimum absolute atomic E-state index is 0.367. The molecular formula is C14H12BrCl2NO. The Morgan fingerprint density at radius 1 is 1.32 bits per heavy atom. The van der Waals surface area contributed by atoms with Gasteiger partial charge in [-0.05, 0) is 30.7 Å². The van der Waals surface area contributed by atoms with Crippen LogP contribution < -0.4 is 0 Å². The Balaban J connectivity index is 2.40. The summed E-state index contributed by atoms with van der Waals surface area (Å²) in [6.45, 7) is 1.72. The molecular weight excluding hydrogens is 349 g/mol. The van der Waals surface area contributed by atoms with Gasteiger partial charge in [0.25, 0.3) is 0 Å². The zero-order valence-corrected chi connectivity index (χ0v) is 13.2. The Hall–Kier alpha value is -0.610. The van der Waals surface area contributed by atoms with Gasteiger partial charge in [-0.1, -0.05) is 51.3 Å². The fraction of sp³-hybridized carbons (Fsp3) is 0.214. The van der Waals surface area contributed by atoms with E-state index in [1.165, 1.54) is 0 Å². The lowest BCUT2D eigenvalue weighted by Crippen LogP contribution is -2.27. The first-order chi connectivity index (χ1) is 8.93. The fourth-order valence-electron chi connectivity index (χ4n) is 1.82. The molecule has 1 aromatic carbocycles. The van der Waals surface area contributed by atoms with E-state index >= 15 is 0 Å². The van der Waals surface area contributed by atoms with Crippen molar-refractivity contribution in [3.63, 3.8) is 0 Å². The standard InChI is InChI=1S/C14H12BrCl2NO/c1-14(19,9-3-2-6-18-8-9)13(15)11-5-4-10(16)7-12(11)17/h2-8,13,19H,1H3. The molecule has 1 N–H and O–H groups in total. The molecule has 0 aliphatic carbocycles. The third-order valence-electron chi connectivity index (χ3n) is 2.98. The maximum absolute atomic E-state index is 10.7. The largest absolute Gasteiger partial charge is 0.384 e. The first-order valence-electron chi connectivity index (χ1n) is 5.65. The third-order valence-corrected chi connectivity index (χ3v) is 4.92. The van der Waals surface area contributed by atoms with Gasteiger partial charge in [-0.3, -0.25) is 4.98 Å². The van der Waals surface area contributed by atoms with Crippen molar-refractivity contribution in [2.24, 2.45) is 0 Å². The molecule has 100 valence electrons. The van der Waals surface area contributed by atoms with Gasteiger partial charge in [0.2, 0.25) is 0 Å². The molecule has 0 bridgehead atoms. The molecule has 2 nitrogen and oxygen atoms in total. The van der Waals surface area contributed by atoms with Crippen molar-refractivity contribution in [1.29, 1.82) is 0 Å². The number of alkyl halides is 1. The predicted octanol–water partition coefficient (Wildman–Crippen LogP) is 4.73. The van der Waals surface area contributed by atoms with Crippen molar-refractivity contribution in [3.05, 3.63) is 63.9 Å². The molecule has 0 fully saturated rings. The van der Waals surface area contributed by atoms with Crippen LogP contribution in [0.4, 0.5) is 0 Å². The van der Waals surface area contributed by atoms with Crippen molar-refractivity contribution >= 4 is 39.1 Å². The average Bonchev–Trinajstić information content (AvgIpc) is 2.39. The summed E-state index contributed by atoms with van der Waals surface area (Å²) in [5, 5.41) is 11.8. The van der Waals surface area contributed by atoms with Crippen LogP contribution in [0.5, 0.6) is 0 Å². The summed E-state index contributed by atoms with van der Waals surface area (Å²) in [4.78, 5) is 3.66. The second-order valence-corrected chi connectivity index (χ2v) is 6.18. The van der Waals surface area contributed by atoms with E-state index in [1.54, 1.807) is 43.6 Å². The van der Waals surface area contributed by atoms with Gasteiger partial charge in [-0.25, -0.2) is 0 Å². The second kappa shape index (κ2) is 5.80. The highest BCUT2D eigenvalue weighted by atomic mass is 79.9. The number of nitrogens with zero attached hydrogens (tertiary/aromatic N) is 1. The molecule has 1 heterocycles. The Bertz CT molecular complexity index is 575. The van der Waals surface area contributed by atoms with E-state index in [2.05, 4.69) is 20.9 Å². The first-order valence-corrected chi connectivity index (χ1v) is 7.32. The van der Waals surface area contributed by atoms with Crippen molar-refractivity contribution in [2.75, 3.05) is 0 Å². The van der Waals surface area contributed by atoms with Gasteiger partial charge in [-0.2, -0.15) is 0 Å². The predicted molar refractivity (Wildman–Crippen MR) is 81.9 cm³/mol. The maximum Gasteiger partial charge on any atom is 0.105 e. The molecule has 2 aromatic rings. The van der Waals surface area contributed by atoms with Gasteiger partial charge in [0, 0.05) is 28.0 Å². The monoisotopic (exact) mass is 359 g/mol. The maximum atomic E-state index is 10.7. The Labute approximate surface area is 130 Å². The minimum atomic E-state index is -1.13. The molecule has 5 heteroatoms. The molecule has 0 saturated heterocycles. The van der Waals surface area contributed by atoms with E-state index < -0.39 is 5.60 Å². The first kappa shape index (κ1) is 14.8. The highest BCUT2D eigenvalue weighted by Gasteiger charge is 2.34. The minimum Gasteiger partial charge on any atom is -0.384 e. The Morgan fingerprint density at radius 2 is 2.05 bits per heavy atom. The van der Waals surface area contributed by atoms with Crippen LogP contribution in [0, 0.1) is 0 Å². The average molecular weight is 361 g/mol. The third kappa shape index (κ3) is 3.11. The van der Waals surface area contributed by atoms with Crippen LogP contribution in [0.3, 0.4) is 0 Å². The number of rotatable bonds is 3. The van der Waals surface area contributed by atoms with Crippen molar-refractivity contribution in [1.82, 2.24) is 4.98 Å². The van der Waals surface area contributed by atoms with E-state index in [0.717, 1.165) is 5.56 Å². The zero-order valence-electron chi connectivity index (χ0n) is 10.1. The number of hydrogen-bond donors (Lipinski definition) is 1. The van der Waals surface area contributed by atoms with Gasteiger partial charge >= 0.3 is 0 Å². The number of halogens is 3. The second-order valence-electron chi connectivity index (χ2n) is 4.42. The lowest BCUT2D eigenvalue weighted by Gasteiger charge is -2.30. The number of benzene rings is 1. The highest BCUT2D eigenvalue weighted by molar-refractivity contribution is 9.09. The Morgan fingerprint density at radius 3 is 2.63 bits per heavy atom. The molecule has 0 amide bonds. The highest BCUT2D eigenvalue weighted by Crippen LogP contribution is 2.43. The van der Waals surface area contributed by atoms with E-state index in [4.69, 9.17) is 23.2 Å². The van der Waals surface area contributed by atoms with Crippen LogP contribution >= 0.6 is 39.1 Å². The normalized spacial score (nSPS) is 15.8. The van der Waals surface area contributed by atoms with Gasteiger partial charge in [-0.15, -0.1) is 0 Å². The number of aliphatic hydroxyl groups is 1. The van der Waals surface area contributed by atoms with Gasteiger partial charge < -0.3 is 5.11 Å². The van der Waals surface area contributed by atoms with Crippen LogP contribution in [0.15, 0.2) is 42.7 Å². The van der Waals surface area contributed by atoms with Crippen LogP contribution in [0.1, 0.15) is 22.9 Å². The number of aromatic nitrogens is 1. The fourth-order valence-corrected chi connectivity index (χ4v) is 3.13. The van der Waals surface area contributed by atoms with E-state index in [0.29, 0.717) is 15.6 Å². The lowest BCUT2D eigenvalue weighted by atomic mass is 9.90. The van der Waals surface area contributed by atoms with Crippen LogP contribution in [0.2, 0.25) is 10.0 Å². The zero-order chi connectivity index (χ0) is 14.0. The van der Waals surface area contributed by atoms with E-state index in [1.807, 2.05) is 6.07 Å². The van der Waals surface area contributed by atoms with Crippen LogP contribution in [-0.4, -0.2) is 10.1 Å². The number of pyridine rings is 1. The molecule has 0 radical (unpaired) electrons. The molecule has 0 saturated carbocycles. The van der Waals surface area contributed by atoms with Crippen molar-refractivity contribution in [3.8, 4) is 0 Å². The van der Waals surface area contributed by atoms with Crippen molar-refractivity contribution < 1.29 is 5.11 Å². The molecule has 0 spiro atoms. The van der Waals surface area contributed by atoms with Gasteiger partial charge in [0.1, 0.15) is 5.60 Å². The molecule has 1 aromatic heterocycles. The van der Waals surface area contributed by atoms with Crippen LogP contribution in [-0.2, 0) is 5.60 Å². The molecule has 0 aliphatic heterocycles. The SMILES string of the molecule is CC(O)(c1cccnc1)C(Br)c1ccc(Cl)cc1Cl. The van der Waals surface area contributed by atoms with E-state index in [-0.39, 0.29) is 4.83 Å². The molecule has 0 aliphatic rings. The summed E-state index contributed by atoms with van der Waals surface area (Å²) in [5.41, 5.74) is 0.356. The van der Waals surface area contributed by atoms with Gasteiger partial charge in [0.05, 0.1) is 4.83 Å². The number of hydrogen-bond acceptors (Lipinski definition) is 2. The summed E-state index contributed by atoms with van der Waals surface area (Å²) in [7, 11) is 0.